The highest BCUT2D eigenvalue weighted by Crippen LogP contribution is 2.64. The van der Waals surface area contributed by atoms with E-state index in [0.717, 1.165) is 70.6 Å². The first kappa shape index (κ1) is 33.0. The zero-order valence-corrected chi connectivity index (χ0v) is 28.4. The summed E-state index contributed by atoms with van der Waals surface area (Å²) in [5.41, 5.74) is 3.84. The Balaban J connectivity index is 0.000000175. The summed E-state index contributed by atoms with van der Waals surface area (Å²) >= 11 is 0. The quantitative estimate of drug-likeness (QED) is 0.314. The van der Waals surface area contributed by atoms with Crippen LogP contribution in [0.25, 0.3) is 0 Å². The summed E-state index contributed by atoms with van der Waals surface area (Å²) in [5.74, 6) is -0.0794. The van der Waals surface area contributed by atoms with E-state index in [1.165, 1.54) is 24.0 Å². The highest BCUT2D eigenvalue weighted by molar-refractivity contribution is 5.76. The Morgan fingerprint density at radius 2 is 1.45 bits per heavy atom. The number of hydrogen-bond acceptors (Lipinski definition) is 2. The van der Waals surface area contributed by atoms with E-state index in [1.54, 1.807) is 5.57 Å². The second kappa shape index (κ2) is 11.2. The van der Waals surface area contributed by atoms with Crippen LogP contribution in [0.3, 0.4) is 0 Å². The molecule has 3 saturated carbocycles. The zero-order chi connectivity index (χ0) is 32.3. The van der Waals surface area contributed by atoms with Gasteiger partial charge in [0.1, 0.15) is 0 Å². The first-order valence-corrected chi connectivity index (χ1v) is 17.4. The van der Waals surface area contributed by atoms with E-state index in [1.807, 2.05) is 13.8 Å². The Hall–Kier alpha value is -2.36. The van der Waals surface area contributed by atoms with E-state index in [-0.39, 0.29) is 27.6 Å². The normalized spacial score (nSPS) is 46.0. The fourth-order valence-electron chi connectivity index (χ4n) is 11.2. The minimum atomic E-state index is -0.618. The number of allylic oxidation sites excluding steroid dienone is 8. The molecule has 2 N–H and O–H groups in total. The average Bonchev–Trinajstić information content (AvgIpc) is 2.96. The molecule has 0 aliphatic heterocycles. The molecule has 9 unspecified atom stereocenters. The third kappa shape index (κ3) is 5.11. The topological polar surface area (TPSA) is 74.6 Å². The standard InChI is InChI=1S/C20H30O2.C20H28O2/c2*1-5-18(2)12-9-15-14(13-18)7-8-16-19(15,3)10-6-11-20(16,4)17(21)22/h5,13,15-16H,1,6-12H2,2-4H3,(H,21,22);5,7,9,16H,1,6,8,10-13H2,2-4H3,(H,21,22). The van der Waals surface area contributed by atoms with Gasteiger partial charge in [-0.15, -0.1) is 13.2 Å². The van der Waals surface area contributed by atoms with Crippen LogP contribution in [0.2, 0.25) is 0 Å². The molecule has 0 bridgehead atoms. The summed E-state index contributed by atoms with van der Waals surface area (Å²) in [6.45, 7) is 21.2. The SMILES string of the molecule is C=CC1(C)C=C2CCC3C(C)(C(=O)O)CCCC3(C)C2CC1.C=CC1(C)CC=C2C(=CCC3C(C)(C(=O)O)CCCC23C)C1. The molecule has 4 heteroatoms. The van der Waals surface area contributed by atoms with Gasteiger partial charge in [-0.3, -0.25) is 9.59 Å². The molecule has 6 rings (SSSR count). The van der Waals surface area contributed by atoms with E-state index >= 15 is 0 Å². The molecule has 4 nitrogen and oxygen atoms in total. The van der Waals surface area contributed by atoms with E-state index in [4.69, 9.17) is 0 Å². The van der Waals surface area contributed by atoms with Gasteiger partial charge in [0.05, 0.1) is 10.8 Å². The van der Waals surface area contributed by atoms with Crippen molar-refractivity contribution in [2.75, 3.05) is 0 Å². The van der Waals surface area contributed by atoms with Crippen molar-refractivity contribution in [1.29, 1.82) is 0 Å². The second-order valence-corrected chi connectivity index (χ2v) is 17.1. The molecule has 0 aromatic carbocycles. The number of hydrogen-bond donors (Lipinski definition) is 2. The molecule has 9 atom stereocenters. The van der Waals surface area contributed by atoms with E-state index in [2.05, 4.69) is 71.2 Å². The molecule has 0 aromatic rings. The third-order valence-electron chi connectivity index (χ3n) is 14.2. The predicted octanol–water partition coefficient (Wildman–Crippen LogP) is 10.3. The molecular weight excluding hydrogens is 544 g/mol. The van der Waals surface area contributed by atoms with Crippen molar-refractivity contribution in [2.45, 2.75) is 125 Å². The van der Waals surface area contributed by atoms with Crippen LogP contribution in [0.15, 0.2) is 60.3 Å². The Morgan fingerprint density at radius 1 is 0.818 bits per heavy atom. The smallest absolute Gasteiger partial charge is 0.309 e. The van der Waals surface area contributed by atoms with Gasteiger partial charge in [-0.25, -0.2) is 0 Å². The highest BCUT2D eigenvalue weighted by Gasteiger charge is 2.59. The van der Waals surface area contributed by atoms with E-state index in [0.29, 0.717) is 11.8 Å². The highest BCUT2D eigenvalue weighted by atomic mass is 16.4. The van der Waals surface area contributed by atoms with Crippen molar-refractivity contribution in [3.8, 4) is 0 Å². The molecule has 44 heavy (non-hydrogen) atoms. The van der Waals surface area contributed by atoms with Crippen molar-refractivity contribution in [1.82, 2.24) is 0 Å². The van der Waals surface area contributed by atoms with Crippen LogP contribution in [0, 0.1) is 50.2 Å². The van der Waals surface area contributed by atoms with Crippen molar-refractivity contribution < 1.29 is 19.8 Å². The lowest BCUT2D eigenvalue weighted by atomic mass is 9.45. The largest absolute Gasteiger partial charge is 0.481 e. The Kier molecular flexibility index (Phi) is 8.38. The molecule has 0 spiro atoms. The molecule has 0 heterocycles. The predicted molar refractivity (Wildman–Crippen MR) is 179 cm³/mol. The molecule has 6 aliphatic rings. The molecule has 0 radical (unpaired) electrons. The molecular formula is C40H58O4. The number of carboxylic acid groups (broad SMARTS) is 2. The van der Waals surface area contributed by atoms with Gasteiger partial charge >= 0.3 is 11.9 Å². The number of carbonyl (C=O) groups is 2. The maximum Gasteiger partial charge on any atom is 0.309 e. The maximum absolute atomic E-state index is 12.0. The van der Waals surface area contributed by atoms with Gasteiger partial charge in [-0.2, -0.15) is 0 Å². The van der Waals surface area contributed by atoms with Crippen LogP contribution in [0.4, 0.5) is 0 Å². The molecule has 0 saturated heterocycles. The lowest BCUT2D eigenvalue weighted by Crippen LogP contribution is -2.54. The van der Waals surface area contributed by atoms with Crippen LogP contribution in [-0.2, 0) is 9.59 Å². The van der Waals surface area contributed by atoms with Crippen molar-refractivity contribution in [3.05, 3.63) is 60.3 Å². The molecule has 0 aromatic heterocycles. The van der Waals surface area contributed by atoms with Gasteiger partial charge in [0.2, 0.25) is 0 Å². The summed E-state index contributed by atoms with van der Waals surface area (Å²) < 4.78 is 0. The summed E-state index contributed by atoms with van der Waals surface area (Å²) in [6, 6.07) is 0. The third-order valence-corrected chi connectivity index (χ3v) is 14.2. The van der Waals surface area contributed by atoms with Crippen LogP contribution in [0.1, 0.15) is 125 Å². The summed E-state index contributed by atoms with van der Waals surface area (Å²) in [7, 11) is 0. The lowest BCUT2D eigenvalue weighted by molar-refractivity contribution is -0.164. The van der Waals surface area contributed by atoms with Gasteiger partial charge in [0, 0.05) is 5.41 Å². The summed E-state index contributed by atoms with van der Waals surface area (Å²) in [6.07, 6.45) is 24.8. The van der Waals surface area contributed by atoms with E-state index in [9.17, 15) is 19.8 Å². The van der Waals surface area contributed by atoms with Gasteiger partial charge in [-0.05, 0) is 130 Å². The number of carboxylic acids is 2. The van der Waals surface area contributed by atoms with Crippen molar-refractivity contribution in [2.24, 2.45) is 50.2 Å². The van der Waals surface area contributed by atoms with Crippen molar-refractivity contribution in [3.63, 3.8) is 0 Å². The number of rotatable bonds is 4. The zero-order valence-electron chi connectivity index (χ0n) is 28.4. The number of fused-ring (bicyclic) bond motifs is 6. The minimum absolute atomic E-state index is 0.0258. The van der Waals surface area contributed by atoms with Gasteiger partial charge in [0.15, 0.2) is 0 Å². The van der Waals surface area contributed by atoms with Crippen molar-refractivity contribution >= 4 is 11.9 Å². The Labute approximate surface area is 266 Å². The first-order valence-electron chi connectivity index (χ1n) is 17.4. The molecule has 6 aliphatic carbocycles. The van der Waals surface area contributed by atoms with Crippen LogP contribution in [-0.4, -0.2) is 22.2 Å². The van der Waals surface area contributed by atoms with E-state index < -0.39 is 22.8 Å². The van der Waals surface area contributed by atoms with Crippen LogP contribution < -0.4 is 0 Å². The monoisotopic (exact) mass is 602 g/mol. The fraction of sp³-hybridized carbons (Fsp3) is 0.700. The maximum atomic E-state index is 12.0. The first-order chi connectivity index (χ1) is 20.5. The fourth-order valence-corrected chi connectivity index (χ4v) is 11.2. The molecule has 0 amide bonds. The van der Waals surface area contributed by atoms with Crippen LogP contribution >= 0.6 is 0 Å². The minimum Gasteiger partial charge on any atom is -0.481 e. The van der Waals surface area contributed by atoms with Gasteiger partial charge in [-0.1, -0.05) is 76.5 Å². The summed E-state index contributed by atoms with van der Waals surface area (Å²) in [5, 5.41) is 19.7. The average molecular weight is 603 g/mol. The number of aliphatic carboxylic acids is 2. The van der Waals surface area contributed by atoms with Gasteiger partial charge in [0.25, 0.3) is 0 Å². The second-order valence-electron chi connectivity index (χ2n) is 17.1. The van der Waals surface area contributed by atoms with Gasteiger partial charge < -0.3 is 10.2 Å². The Morgan fingerprint density at radius 3 is 2.07 bits per heavy atom. The lowest BCUT2D eigenvalue weighted by Gasteiger charge is -2.59. The Bertz CT molecular complexity index is 1320. The molecule has 3 fully saturated rings. The van der Waals surface area contributed by atoms with Crippen LogP contribution in [0.5, 0.6) is 0 Å². The molecule has 242 valence electrons. The summed E-state index contributed by atoms with van der Waals surface area (Å²) in [4.78, 5) is 23.9.